The lowest BCUT2D eigenvalue weighted by atomic mass is 9.92. The van der Waals surface area contributed by atoms with Crippen molar-refractivity contribution in [2.24, 2.45) is 5.92 Å². The van der Waals surface area contributed by atoms with E-state index < -0.39 is 0 Å². The van der Waals surface area contributed by atoms with Crippen LogP contribution >= 0.6 is 0 Å². The van der Waals surface area contributed by atoms with Crippen molar-refractivity contribution in [2.75, 3.05) is 6.61 Å². The fraction of sp³-hybridized carbons (Fsp3) is 0.714. The first-order chi connectivity index (χ1) is 8.43. The number of nitrogens with one attached hydrogen (secondary N) is 1. The van der Waals surface area contributed by atoms with Gasteiger partial charge in [0.2, 0.25) is 5.91 Å². The monoisotopic (exact) mass is 253 g/mol. The average molecular weight is 253 g/mol. The summed E-state index contributed by atoms with van der Waals surface area (Å²) >= 11 is 0. The summed E-state index contributed by atoms with van der Waals surface area (Å²) in [6, 6.07) is -0.234. The molecular formula is C14H23NO3. The highest BCUT2D eigenvalue weighted by Gasteiger charge is 2.29. The molecule has 1 N–H and O–H groups in total. The topological polar surface area (TPSA) is 55.4 Å². The summed E-state index contributed by atoms with van der Waals surface area (Å²) in [6.07, 6.45) is 3.02. The summed E-state index contributed by atoms with van der Waals surface area (Å²) in [5.74, 6) is 0.435. The van der Waals surface area contributed by atoms with Gasteiger partial charge in [0, 0.05) is 13.3 Å². The van der Waals surface area contributed by atoms with E-state index in [-0.39, 0.29) is 23.8 Å². The molecule has 0 saturated carbocycles. The normalized spacial score (nSPS) is 25.6. The van der Waals surface area contributed by atoms with E-state index in [1.54, 1.807) is 6.92 Å². The second-order valence-corrected chi connectivity index (χ2v) is 5.10. The predicted molar refractivity (Wildman–Crippen MR) is 70.2 cm³/mol. The Hall–Kier alpha value is -1.16. The lowest BCUT2D eigenvalue weighted by Crippen LogP contribution is -2.47. The molecule has 0 heterocycles. The molecule has 1 aliphatic rings. The van der Waals surface area contributed by atoms with E-state index in [0.29, 0.717) is 18.9 Å². The Bertz CT molecular complexity index is 349. The SMILES string of the molecule is CCC(C)CO[C@@H]1C=C(C)C(=O)C[C@H]1NC(C)=O. The quantitative estimate of drug-likeness (QED) is 0.813. The van der Waals surface area contributed by atoms with Crippen molar-refractivity contribution in [2.45, 2.75) is 52.7 Å². The van der Waals surface area contributed by atoms with Gasteiger partial charge >= 0.3 is 0 Å². The molecule has 1 unspecified atom stereocenters. The second kappa shape index (κ2) is 6.69. The van der Waals surface area contributed by atoms with E-state index >= 15 is 0 Å². The van der Waals surface area contributed by atoms with Gasteiger partial charge in [0.05, 0.1) is 18.8 Å². The molecule has 3 atom stereocenters. The summed E-state index contributed by atoms with van der Waals surface area (Å²) < 4.78 is 5.82. The third-order valence-electron chi connectivity index (χ3n) is 3.31. The molecule has 4 heteroatoms. The Balaban J connectivity index is 2.68. The van der Waals surface area contributed by atoms with Gasteiger partial charge in [-0.05, 0) is 24.5 Å². The molecule has 0 aromatic carbocycles. The van der Waals surface area contributed by atoms with Crippen LogP contribution < -0.4 is 5.32 Å². The van der Waals surface area contributed by atoms with Crippen LogP contribution in [0.4, 0.5) is 0 Å². The highest BCUT2D eigenvalue weighted by molar-refractivity contribution is 5.96. The smallest absolute Gasteiger partial charge is 0.217 e. The maximum absolute atomic E-state index is 11.7. The molecule has 0 saturated heterocycles. The minimum atomic E-state index is -0.234. The molecule has 0 aromatic heterocycles. The van der Waals surface area contributed by atoms with Crippen molar-refractivity contribution in [1.82, 2.24) is 5.32 Å². The minimum Gasteiger partial charge on any atom is -0.372 e. The zero-order valence-corrected chi connectivity index (χ0v) is 11.7. The summed E-state index contributed by atoms with van der Waals surface area (Å²) in [6.45, 7) is 8.14. The van der Waals surface area contributed by atoms with Crippen molar-refractivity contribution in [3.05, 3.63) is 11.6 Å². The second-order valence-electron chi connectivity index (χ2n) is 5.10. The van der Waals surface area contributed by atoms with Crippen LogP contribution in [-0.4, -0.2) is 30.4 Å². The lowest BCUT2D eigenvalue weighted by molar-refractivity contribution is -0.122. The van der Waals surface area contributed by atoms with E-state index in [1.165, 1.54) is 6.92 Å². The first-order valence-electron chi connectivity index (χ1n) is 6.54. The van der Waals surface area contributed by atoms with Gasteiger partial charge in [-0.25, -0.2) is 0 Å². The number of amides is 1. The zero-order valence-electron chi connectivity index (χ0n) is 11.7. The number of Topliss-reactive ketones (excluding diaryl/α,β-unsaturated/α-hetero) is 1. The summed E-state index contributed by atoms with van der Waals surface area (Å²) in [5, 5.41) is 2.80. The first kappa shape index (κ1) is 14.9. The summed E-state index contributed by atoms with van der Waals surface area (Å²) in [5.41, 5.74) is 0.728. The number of ether oxygens (including phenoxy) is 1. The average Bonchev–Trinajstić information content (AvgIpc) is 2.30. The number of rotatable bonds is 5. The number of allylic oxidation sites excluding steroid dienone is 1. The van der Waals surface area contributed by atoms with Gasteiger partial charge in [0.15, 0.2) is 5.78 Å². The van der Waals surface area contributed by atoms with Crippen molar-refractivity contribution < 1.29 is 14.3 Å². The van der Waals surface area contributed by atoms with Crippen LogP contribution in [0.5, 0.6) is 0 Å². The number of hydrogen-bond donors (Lipinski definition) is 1. The molecule has 1 aliphatic carbocycles. The molecule has 0 bridgehead atoms. The van der Waals surface area contributed by atoms with Crippen LogP contribution in [-0.2, 0) is 14.3 Å². The molecule has 0 radical (unpaired) electrons. The molecule has 1 rings (SSSR count). The van der Waals surface area contributed by atoms with Gasteiger partial charge in [-0.15, -0.1) is 0 Å². The molecular weight excluding hydrogens is 230 g/mol. The van der Waals surface area contributed by atoms with E-state index in [0.717, 1.165) is 12.0 Å². The number of carbonyl (C=O) groups excluding carboxylic acids is 2. The van der Waals surface area contributed by atoms with Gasteiger partial charge in [0.1, 0.15) is 0 Å². The highest BCUT2D eigenvalue weighted by atomic mass is 16.5. The minimum absolute atomic E-state index is 0.0807. The number of ketones is 1. The molecule has 18 heavy (non-hydrogen) atoms. The van der Waals surface area contributed by atoms with Gasteiger partial charge in [0.25, 0.3) is 0 Å². The van der Waals surface area contributed by atoms with Crippen LogP contribution in [0.15, 0.2) is 11.6 Å². The van der Waals surface area contributed by atoms with Crippen LogP contribution in [0.2, 0.25) is 0 Å². The molecule has 0 aromatic rings. The van der Waals surface area contributed by atoms with Crippen LogP contribution in [0.3, 0.4) is 0 Å². The van der Waals surface area contributed by atoms with Crippen molar-refractivity contribution in [1.29, 1.82) is 0 Å². The van der Waals surface area contributed by atoms with Crippen LogP contribution in [0.25, 0.3) is 0 Å². The number of hydrogen-bond acceptors (Lipinski definition) is 3. The van der Waals surface area contributed by atoms with Crippen LogP contribution in [0.1, 0.15) is 40.5 Å². The van der Waals surface area contributed by atoms with Gasteiger partial charge in [-0.2, -0.15) is 0 Å². The van der Waals surface area contributed by atoms with Crippen molar-refractivity contribution in [3.63, 3.8) is 0 Å². The molecule has 0 aliphatic heterocycles. The van der Waals surface area contributed by atoms with Crippen LogP contribution in [0, 0.1) is 5.92 Å². The van der Waals surface area contributed by atoms with Gasteiger partial charge < -0.3 is 10.1 Å². The summed E-state index contributed by atoms with van der Waals surface area (Å²) in [7, 11) is 0. The molecule has 0 spiro atoms. The van der Waals surface area contributed by atoms with Crippen molar-refractivity contribution in [3.8, 4) is 0 Å². The van der Waals surface area contributed by atoms with E-state index in [4.69, 9.17) is 4.74 Å². The third kappa shape index (κ3) is 4.26. The fourth-order valence-electron chi connectivity index (χ4n) is 1.88. The van der Waals surface area contributed by atoms with Gasteiger partial charge in [-0.1, -0.05) is 20.3 Å². The first-order valence-corrected chi connectivity index (χ1v) is 6.54. The summed E-state index contributed by atoms with van der Waals surface area (Å²) in [4.78, 5) is 22.8. The molecule has 102 valence electrons. The largest absolute Gasteiger partial charge is 0.372 e. The van der Waals surface area contributed by atoms with E-state index in [1.807, 2.05) is 6.08 Å². The molecule has 1 amide bonds. The Morgan fingerprint density at radius 3 is 2.83 bits per heavy atom. The maximum atomic E-state index is 11.7. The predicted octanol–water partition coefficient (Wildman–Crippen LogP) is 1.84. The molecule has 4 nitrogen and oxygen atoms in total. The Morgan fingerprint density at radius 1 is 1.61 bits per heavy atom. The van der Waals surface area contributed by atoms with Gasteiger partial charge in [-0.3, -0.25) is 9.59 Å². The Kier molecular flexibility index (Phi) is 5.54. The highest BCUT2D eigenvalue weighted by Crippen LogP contribution is 2.19. The van der Waals surface area contributed by atoms with E-state index in [9.17, 15) is 9.59 Å². The third-order valence-corrected chi connectivity index (χ3v) is 3.31. The standard InChI is InChI=1S/C14H23NO3/c1-5-9(2)8-18-14-6-10(3)13(17)7-12(14)15-11(4)16/h6,9,12,14H,5,7-8H2,1-4H3,(H,15,16)/t9?,12-,14-/m1/s1. The fourth-order valence-corrected chi connectivity index (χ4v) is 1.88. The Morgan fingerprint density at radius 2 is 2.28 bits per heavy atom. The lowest BCUT2D eigenvalue weighted by Gasteiger charge is -2.30. The number of carbonyl (C=O) groups is 2. The molecule has 0 fully saturated rings. The Labute approximate surface area is 109 Å². The van der Waals surface area contributed by atoms with E-state index in [2.05, 4.69) is 19.2 Å². The van der Waals surface area contributed by atoms with Crippen molar-refractivity contribution >= 4 is 11.7 Å². The zero-order chi connectivity index (χ0) is 13.7. The maximum Gasteiger partial charge on any atom is 0.217 e.